The molecule has 1 fully saturated rings. The lowest BCUT2D eigenvalue weighted by molar-refractivity contribution is -0.138. The fourth-order valence-corrected chi connectivity index (χ4v) is 2.05. The number of carboxylic acid groups (broad SMARTS) is 1. The average Bonchev–Trinajstić information content (AvgIpc) is 2.80. The van der Waals surface area contributed by atoms with Gasteiger partial charge in [0.1, 0.15) is 0 Å². The number of piperazine rings is 1. The van der Waals surface area contributed by atoms with Crippen LogP contribution >= 0.6 is 0 Å². The van der Waals surface area contributed by atoms with Crippen molar-refractivity contribution in [1.29, 1.82) is 0 Å². The van der Waals surface area contributed by atoms with Gasteiger partial charge in [0.2, 0.25) is 5.89 Å². The summed E-state index contributed by atoms with van der Waals surface area (Å²) in [6.07, 6.45) is 0. The van der Waals surface area contributed by atoms with E-state index in [0.29, 0.717) is 12.4 Å². The molecule has 1 aromatic rings. The highest BCUT2D eigenvalue weighted by molar-refractivity contribution is 5.69. The summed E-state index contributed by atoms with van der Waals surface area (Å²) in [6.45, 7) is 7.99. The summed E-state index contributed by atoms with van der Waals surface area (Å²) in [5, 5.41) is 12.7. The van der Waals surface area contributed by atoms with E-state index in [0.717, 1.165) is 32.0 Å². The maximum absolute atomic E-state index is 10.6. The van der Waals surface area contributed by atoms with Gasteiger partial charge in [-0.25, -0.2) is 0 Å². The van der Waals surface area contributed by atoms with Crippen LogP contribution in [0.4, 0.5) is 0 Å². The first-order valence-electron chi connectivity index (χ1n) is 6.53. The minimum Gasteiger partial charge on any atom is -0.480 e. The van der Waals surface area contributed by atoms with Crippen LogP contribution in [0.15, 0.2) is 4.52 Å². The van der Waals surface area contributed by atoms with E-state index in [1.807, 2.05) is 18.7 Å². The van der Waals surface area contributed by atoms with Crippen LogP contribution in [0, 0.1) is 0 Å². The molecule has 19 heavy (non-hydrogen) atoms. The Hall–Kier alpha value is -1.47. The molecule has 0 bridgehead atoms. The molecule has 1 N–H and O–H groups in total. The molecular weight excluding hydrogens is 248 g/mol. The number of carbonyl (C=O) groups is 1. The first-order valence-corrected chi connectivity index (χ1v) is 6.53. The molecule has 0 amide bonds. The van der Waals surface area contributed by atoms with Gasteiger partial charge in [0.25, 0.3) is 0 Å². The van der Waals surface area contributed by atoms with Gasteiger partial charge in [-0.05, 0) is 0 Å². The lowest BCUT2D eigenvalue weighted by atomic mass is 10.2. The predicted molar refractivity (Wildman–Crippen MR) is 67.7 cm³/mol. The second-order valence-electron chi connectivity index (χ2n) is 5.15. The Bertz CT molecular complexity index is 424. The second kappa shape index (κ2) is 6.12. The number of aromatic nitrogens is 2. The summed E-state index contributed by atoms with van der Waals surface area (Å²) >= 11 is 0. The number of carboxylic acids is 1. The zero-order chi connectivity index (χ0) is 13.8. The van der Waals surface area contributed by atoms with Crippen molar-refractivity contribution in [2.45, 2.75) is 26.3 Å². The Kier molecular flexibility index (Phi) is 4.49. The van der Waals surface area contributed by atoms with E-state index < -0.39 is 5.97 Å². The monoisotopic (exact) mass is 268 g/mol. The molecule has 1 aromatic heterocycles. The molecule has 2 rings (SSSR count). The normalized spacial score (nSPS) is 18.1. The summed E-state index contributed by atoms with van der Waals surface area (Å²) in [4.78, 5) is 19.1. The number of hydrogen-bond acceptors (Lipinski definition) is 6. The van der Waals surface area contributed by atoms with Crippen LogP contribution < -0.4 is 0 Å². The van der Waals surface area contributed by atoms with E-state index in [2.05, 4.69) is 15.0 Å². The van der Waals surface area contributed by atoms with E-state index in [1.165, 1.54) is 0 Å². The summed E-state index contributed by atoms with van der Waals surface area (Å²) in [7, 11) is 0. The van der Waals surface area contributed by atoms with Crippen LogP contribution in [-0.2, 0) is 11.3 Å². The molecular formula is C12H20N4O3. The van der Waals surface area contributed by atoms with Gasteiger partial charge in [-0.15, -0.1) is 0 Å². The second-order valence-corrected chi connectivity index (χ2v) is 5.15. The molecule has 0 atom stereocenters. The van der Waals surface area contributed by atoms with Gasteiger partial charge in [0.15, 0.2) is 5.82 Å². The SMILES string of the molecule is CC(C)c1noc(CN2CCN(CC(=O)O)CC2)n1. The van der Waals surface area contributed by atoms with E-state index in [-0.39, 0.29) is 12.5 Å². The zero-order valence-electron chi connectivity index (χ0n) is 11.4. The summed E-state index contributed by atoms with van der Waals surface area (Å²) in [5.41, 5.74) is 0. The maximum Gasteiger partial charge on any atom is 0.317 e. The third-order valence-electron chi connectivity index (χ3n) is 3.18. The van der Waals surface area contributed by atoms with E-state index in [4.69, 9.17) is 9.63 Å². The number of aliphatic carboxylic acids is 1. The Morgan fingerprint density at radius 2 is 1.95 bits per heavy atom. The molecule has 0 aliphatic carbocycles. The van der Waals surface area contributed by atoms with E-state index in [9.17, 15) is 4.79 Å². The standard InChI is InChI=1S/C12H20N4O3/c1-9(2)12-13-10(19-14-12)7-15-3-5-16(6-4-15)8-11(17)18/h9H,3-8H2,1-2H3,(H,17,18). The minimum absolute atomic E-state index is 0.117. The van der Waals surface area contributed by atoms with Gasteiger partial charge in [-0.2, -0.15) is 4.98 Å². The highest BCUT2D eigenvalue weighted by atomic mass is 16.5. The molecule has 0 radical (unpaired) electrons. The van der Waals surface area contributed by atoms with Crippen molar-refractivity contribution in [2.24, 2.45) is 0 Å². The lowest BCUT2D eigenvalue weighted by Crippen LogP contribution is -2.47. The molecule has 0 saturated carbocycles. The van der Waals surface area contributed by atoms with Crippen molar-refractivity contribution < 1.29 is 14.4 Å². The number of rotatable bonds is 5. The van der Waals surface area contributed by atoms with Crippen molar-refractivity contribution in [3.8, 4) is 0 Å². The molecule has 0 spiro atoms. The van der Waals surface area contributed by atoms with Gasteiger partial charge in [-0.1, -0.05) is 19.0 Å². The van der Waals surface area contributed by atoms with Crippen molar-refractivity contribution in [1.82, 2.24) is 19.9 Å². The summed E-state index contributed by atoms with van der Waals surface area (Å²) in [5.74, 6) is 0.867. The van der Waals surface area contributed by atoms with Gasteiger partial charge < -0.3 is 9.63 Å². The van der Waals surface area contributed by atoms with Gasteiger partial charge in [-0.3, -0.25) is 14.6 Å². The van der Waals surface area contributed by atoms with Gasteiger partial charge in [0.05, 0.1) is 13.1 Å². The molecule has 7 nitrogen and oxygen atoms in total. The molecule has 106 valence electrons. The van der Waals surface area contributed by atoms with Crippen molar-refractivity contribution in [3.63, 3.8) is 0 Å². The summed E-state index contributed by atoms with van der Waals surface area (Å²) < 4.78 is 5.21. The lowest BCUT2D eigenvalue weighted by Gasteiger charge is -2.32. The minimum atomic E-state index is -0.771. The highest BCUT2D eigenvalue weighted by Crippen LogP contribution is 2.12. The average molecular weight is 268 g/mol. The van der Waals surface area contributed by atoms with Crippen molar-refractivity contribution in [3.05, 3.63) is 11.7 Å². The van der Waals surface area contributed by atoms with Crippen molar-refractivity contribution >= 4 is 5.97 Å². The first kappa shape index (κ1) is 14.0. The Balaban J connectivity index is 1.80. The first-order chi connectivity index (χ1) is 9.04. The van der Waals surface area contributed by atoms with E-state index >= 15 is 0 Å². The van der Waals surface area contributed by atoms with Crippen LogP contribution in [0.25, 0.3) is 0 Å². The highest BCUT2D eigenvalue weighted by Gasteiger charge is 2.20. The molecule has 1 aliphatic heterocycles. The Morgan fingerprint density at radius 3 is 2.47 bits per heavy atom. The van der Waals surface area contributed by atoms with Crippen LogP contribution in [-0.4, -0.2) is 63.7 Å². The fourth-order valence-electron chi connectivity index (χ4n) is 2.05. The summed E-state index contributed by atoms with van der Waals surface area (Å²) in [6, 6.07) is 0. The third kappa shape index (κ3) is 4.00. The van der Waals surface area contributed by atoms with Gasteiger partial charge >= 0.3 is 5.97 Å². The van der Waals surface area contributed by atoms with Crippen LogP contribution in [0.3, 0.4) is 0 Å². The number of nitrogens with zero attached hydrogens (tertiary/aromatic N) is 4. The Morgan fingerprint density at radius 1 is 1.32 bits per heavy atom. The largest absolute Gasteiger partial charge is 0.480 e. The van der Waals surface area contributed by atoms with Crippen LogP contribution in [0.5, 0.6) is 0 Å². The smallest absolute Gasteiger partial charge is 0.317 e. The topological polar surface area (TPSA) is 82.7 Å². The zero-order valence-corrected chi connectivity index (χ0v) is 11.4. The molecule has 1 aliphatic rings. The van der Waals surface area contributed by atoms with Crippen LogP contribution in [0.2, 0.25) is 0 Å². The third-order valence-corrected chi connectivity index (χ3v) is 3.18. The van der Waals surface area contributed by atoms with Crippen LogP contribution in [0.1, 0.15) is 31.5 Å². The van der Waals surface area contributed by atoms with Gasteiger partial charge in [0, 0.05) is 32.1 Å². The maximum atomic E-state index is 10.6. The molecule has 1 saturated heterocycles. The number of hydrogen-bond donors (Lipinski definition) is 1. The quantitative estimate of drug-likeness (QED) is 0.827. The van der Waals surface area contributed by atoms with Crippen molar-refractivity contribution in [2.75, 3.05) is 32.7 Å². The predicted octanol–water partition coefficient (Wildman–Crippen LogP) is 0.395. The molecule has 2 heterocycles. The molecule has 7 heteroatoms. The van der Waals surface area contributed by atoms with E-state index in [1.54, 1.807) is 0 Å². The molecule has 0 aromatic carbocycles. The molecule has 0 unspecified atom stereocenters. The fraction of sp³-hybridized carbons (Fsp3) is 0.750. The Labute approximate surface area is 112 Å².